The largest absolute Gasteiger partial charge is 0.336 e. The van der Waals surface area contributed by atoms with Gasteiger partial charge in [-0.25, -0.2) is 9.37 Å². The number of nitrogens with one attached hydrogen (secondary N) is 1. The van der Waals surface area contributed by atoms with Gasteiger partial charge in [0.05, 0.1) is 6.33 Å². The van der Waals surface area contributed by atoms with Gasteiger partial charge in [-0.2, -0.15) is 0 Å². The van der Waals surface area contributed by atoms with Crippen LogP contribution in [0.4, 0.5) is 4.39 Å². The molecule has 0 spiro atoms. The van der Waals surface area contributed by atoms with E-state index in [9.17, 15) is 4.39 Å². The molecule has 0 fully saturated rings. The van der Waals surface area contributed by atoms with Crippen molar-refractivity contribution in [3.05, 3.63) is 53.9 Å². The van der Waals surface area contributed by atoms with Crippen molar-refractivity contribution < 1.29 is 4.39 Å². The fourth-order valence-electron chi connectivity index (χ4n) is 1.83. The van der Waals surface area contributed by atoms with Crippen LogP contribution in [0.25, 0.3) is 0 Å². The first-order valence-electron chi connectivity index (χ1n) is 6.12. The molecule has 0 saturated carbocycles. The molecule has 2 rings (SSSR count). The van der Waals surface area contributed by atoms with Crippen molar-refractivity contribution in [2.24, 2.45) is 0 Å². The van der Waals surface area contributed by atoms with Gasteiger partial charge in [-0.05, 0) is 31.0 Å². The number of imidazole rings is 1. The lowest BCUT2D eigenvalue weighted by atomic mass is 10.1. The van der Waals surface area contributed by atoms with Crippen molar-refractivity contribution in [3.63, 3.8) is 0 Å². The van der Waals surface area contributed by atoms with Crippen LogP contribution in [0.5, 0.6) is 0 Å². The average molecular weight is 247 g/mol. The van der Waals surface area contributed by atoms with E-state index in [4.69, 9.17) is 0 Å². The Morgan fingerprint density at radius 1 is 1.44 bits per heavy atom. The second kappa shape index (κ2) is 5.78. The number of rotatable bonds is 5. The third-order valence-corrected chi connectivity index (χ3v) is 3.08. The van der Waals surface area contributed by atoms with E-state index in [0.29, 0.717) is 5.56 Å². The van der Waals surface area contributed by atoms with Crippen LogP contribution >= 0.6 is 0 Å². The average Bonchev–Trinajstić information content (AvgIpc) is 2.85. The first-order chi connectivity index (χ1) is 8.66. The molecule has 0 saturated heterocycles. The van der Waals surface area contributed by atoms with Crippen LogP contribution in [-0.4, -0.2) is 16.1 Å². The molecular weight excluding hydrogens is 229 g/mol. The minimum Gasteiger partial charge on any atom is -0.336 e. The topological polar surface area (TPSA) is 29.9 Å². The van der Waals surface area contributed by atoms with Crippen molar-refractivity contribution in [1.29, 1.82) is 0 Å². The standard InChI is InChI=1S/C14H18FN3/c1-11-3-4-13(9-14(11)15)12(2)17-6-8-18-7-5-16-10-18/h3-5,7,9-10,12,17H,6,8H2,1-2H3. The molecule has 0 aliphatic rings. The van der Waals surface area contributed by atoms with Crippen LogP contribution in [-0.2, 0) is 6.54 Å². The zero-order valence-electron chi connectivity index (χ0n) is 10.7. The fourth-order valence-corrected chi connectivity index (χ4v) is 1.83. The first kappa shape index (κ1) is 12.8. The van der Waals surface area contributed by atoms with E-state index < -0.39 is 0 Å². The molecule has 4 heteroatoms. The maximum Gasteiger partial charge on any atom is 0.126 e. The van der Waals surface area contributed by atoms with Gasteiger partial charge in [0, 0.05) is 31.5 Å². The Hall–Kier alpha value is -1.68. The van der Waals surface area contributed by atoms with Gasteiger partial charge in [0.15, 0.2) is 0 Å². The minimum atomic E-state index is -0.143. The minimum absolute atomic E-state index is 0.142. The van der Waals surface area contributed by atoms with Gasteiger partial charge in [-0.1, -0.05) is 12.1 Å². The fraction of sp³-hybridized carbons (Fsp3) is 0.357. The summed E-state index contributed by atoms with van der Waals surface area (Å²) in [6, 6.07) is 5.53. The Morgan fingerprint density at radius 3 is 2.94 bits per heavy atom. The maximum atomic E-state index is 13.4. The monoisotopic (exact) mass is 247 g/mol. The van der Waals surface area contributed by atoms with Gasteiger partial charge in [0.25, 0.3) is 0 Å². The Morgan fingerprint density at radius 2 is 2.28 bits per heavy atom. The van der Waals surface area contributed by atoms with Gasteiger partial charge in [0.2, 0.25) is 0 Å². The summed E-state index contributed by atoms with van der Waals surface area (Å²) >= 11 is 0. The van der Waals surface area contributed by atoms with Crippen LogP contribution in [0.3, 0.4) is 0 Å². The summed E-state index contributed by atoms with van der Waals surface area (Å²) < 4.78 is 15.5. The van der Waals surface area contributed by atoms with Gasteiger partial charge >= 0.3 is 0 Å². The molecule has 0 aliphatic carbocycles. The number of hydrogen-bond donors (Lipinski definition) is 1. The van der Waals surface area contributed by atoms with Crippen molar-refractivity contribution in [3.8, 4) is 0 Å². The molecule has 3 nitrogen and oxygen atoms in total. The Kier molecular flexibility index (Phi) is 4.10. The van der Waals surface area contributed by atoms with Crippen molar-refractivity contribution >= 4 is 0 Å². The molecule has 18 heavy (non-hydrogen) atoms. The van der Waals surface area contributed by atoms with E-state index in [1.807, 2.05) is 29.8 Å². The second-order valence-corrected chi connectivity index (χ2v) is 4.48. The normalized spacial score (nSPS) is 12.6. The van der Waals surface area contributed by atoms with E-state index in [1.54, 1.807) is 25.5 Å². The highest BCUT2D eigenvalue weighted by Gasteiger charge is 2.06. The Labute approximate surface area is 107 Å². The lowest BCUT2D eigenvalue weighted by Gasteiger charge is -2.15. The summed E-state index contributed by atoms with van der Waals surface area (Å²) in [5, 5.41) is 3.37. The summed E-state index contributed by atoms with van der Waals surface area (Å²) in [5.74, 6) is -0.143. The van der Waals surface area contributed by atoms with Crippen LogP contribution in [0.1, 0.15) is 24.1 Å². The number of hydrogen-bond acceptors (Lipinski definition) is 2. The summed E-state index contributed by atoms with van der Waals surface area (Å²) in [6.07, 6.45) is 5.48. The van der Waals surface area contributed by atoms with E-state index in [-0.39, 0.29) is 11.9 Å². The van der Waals surface area contributed by atoms with Crippen LogP contribution in [0, 0.1) is 12.7 Å². The SMILES string of the molecule is Cc1ccc(C(C)NCCn2ccnc2)cc1F. The van der Waals surface area contributed by atoms with Crippen molar-refractivity contribution in [2.45, 2.75) is 26.4 Å². The van der Waals surface area contributed by atoms with E-state index in [2.05, 4.69) is 10.3 Å². The zero-order chi connectivity index (χ0) is 13.0. The molecule has 1 aromatic carbocycles. The zero-order valence-corrected chi connectivity index (χ0v) is 10.7. The van der Waals surface area contributed by atoms with Gasteiger partial charge in [-0.15, -0.1) is 0 Å². The predicted octanol–water partition coefficient (Wildman–Crippen LogP) is 2.68. The number of benzene rings is 1. The Balaban J connectivity index is 1.87. The first-order valence-corrected chi connectivity index (χ1v) is 6.12. The van der Waals surface area contributed by atoms with Gasteiger partial charge in [0.1, 0.15) is 5.82 Å². The lowest BCUT2D eigenvalue weighted by Crippen LogP contribution is -2.23. The molecule has 1 atom stereocenters. The molecule has 1 heterocycles. The highest BCUT2D eigenvalue weighted by atomic mass is 19.1. The summed E-state index contributed by atoms with van der Waals surface area (Å²) in [6.45, 7) is 5.50. The second-order valence-electron chi connectivity index (χ2n) is 4.48. The van der Waals surface area contributed by atoms with E-state index >= 15 is 0 Å². The molecule has 96 valence electrons. The molecular formula is C14H18FN3. The van der Waals surface area contributed by atoms with Crippen LogP contribution in [0.2, 0.25) is 0 Å². The van der Waals surface area contributed by atoms with Crippen LogP contribution in [0.15, 0.2) is 36.9 Å². The lowest BCUT2D eigenvalue weighted by molar-refractivity contribution is 0.526. The molecule has 1 aromatic heterocycles. The molecule has 1 N–H and O–H groups in total. The van der Waals surface area contributed by atoms with E-state index in [0.717, 1.165) is 18.7 Å². The number of aromatic nitrogens is 2. The Bertz CT molecular complexity index is 494. The quantitative estimate of drug-likeness (QED) is 0.880. The molecule has 2 aromatic rings. The molecule has 0 aliphatic heterocycles. The number of nitrogens with zero attached hydrogens (tertiary/aromatic N) is 2. The molecule has 0 radical (unpaired) electrons. The smallest absolute Gasteiger partial charge is 0.126 e. The van der Waals surface area contributed by atoms with Crippen molar-refractivity contribution in [2.75, 3.05) is 6.54 Å². The number of aryl methyl sites for hydroxylation is 1. The summed E-state index contributed by atoms with van der Waals surface area (Å²) in [7, 11) is 0. The molecule has 1 unspecified atom stereocenters. The number of halogens is 1. The highest BCUT2D eigenvalue weighted by Crippen LogP contribution is 2.15. The summed E-state index contributed by atoms with van der Waals surface area (Å²) in [4.78, 5) is 3.98. The van der Waals surface area contributed by atoms with Gasteiger partial charge < -0.3 is 9.88 Å². The maximum absolute atomic E-state index is 13.4. The third kappa shape index (κ3) is 3.17. The van der Waals surface area contributed by atoms with Crippen LogP contribution < -0.4 is 5.32 Å². The highest BCUT2D eigenvalue weighted by molar-refractivity contribution is 5.25. The van der Waals surface area contributed by atoms with Gasteiger partial charge in [-0.3, -0.25) is 0 Å². The van der Waals surface area contributed by atoms with E-state index in [1.165, 1.54) is 0 Å². The summed E-state index contributed by atoms with van der Waals surface area (Å²) in [5.41, 5.74) is 1.66. The predicted molar refractivity (Wildman–Crippen MR) is 69.8 cm³/mol. The van der Waals surface area contributed by atoms with Crippen molar-refractivity contribution in [1.82, 2.24) is 14.9 Å². The third-order valence-electron chi connectivity index (χ3n) is 3.08. The molecule has 0 amide bonds. The molecule has 0 bridgehead atoms.